The second kappa shape index (κ2) is 9.85. The molecule has 12 nitrogen and oxygen atoms in total. The van der Waals surface area contributed by atoms with Gasteiger partial charge in [-0.3, -0.25) is 14.4 Å². The highest BCUT2D eigenvalue weighted by Crippen LogP contribution is 2.21. The number of carbonyl (C=O) groups excluding carboxylic acids is 1. The van der Waals surface area contributed by atoms with Gasteiger partial charge in [-0.25, -0.2) is 9.97 Å². The molecule has 3 rings (SSSR count). The zero-order valence-electron chi connectivity index (χ0n) is 17.8. The Kier molecular flexibility index (Phi) is 6.96. The minimum Gasteiger partial charge on any atom is -0.481 e. The van der Waals surface area contributed by atoms with Gasteiger partial charge in [0.1, 0.15) is 0 Å². The van der Waals surface area contributed by atoms with Gasteiger partial charge in [-0.2, -0.15) is 9.97 Å². The van der Waals surface area contributed by atoms with Gasteiger partial charge in [-0.05, 0) is 30.7 Å². The molecule has 0 bridgehead atoms. The van der Waals surface area contributed by atoms with Gasteiger partial charge >= 0.3 is 11.9 Å². The van der Waals surface area contributed by atoms with Crippen LogP contribution in [0.15, 0.2) is 30.5 Å². The van der Waals surface area contributed by atoms with Crippen molar-refractivity contribution in [2.45, 2.75) is 25.8 Å². The standard InChI is InChI=1S/C21H23N7O5/c1-28(10-13-9-24-19-17(25-13)18(22)26-21(23)27-19)14-5-2-11(3-6-14)15(29)8-12(20(32)33)4-7-16(30)31/h2-3,5-6,9,12H,4,7-8,10H2,1H3,(H,30,31)(H,32,33)(H4,22,23,24,26,27). The second-order valence-corrected chi connectivity index (χ2v) is 7.50. The maximum absolute atomic E-state index is 12.5. The van der Waals surface area contributed by atoms with E-state index in [4.69, 9.17) is 16.6 Å². The highest BCUT2D eigenvalue weighted by molar-refractivity contribution is 5.98. The zero-order valence-corrected chi connectivity index (χ0v) is 17.8. The third-order valence-corrected chi connectivity index (χ3v) is 5.02. The van der Waals surface area contributed by atoms with Crippen LogP contribution in [0.4, 0.5) is 17.5 Å². The molecule has 0 saturated heterocycles. The second-order valence-electron chi connectivity index (χ2n) is 7.50. The van der Waals surface area contributed by atoms with E-state index in [1.165, 1.54) is 0 Å². The first-order valence-electron chi connectivity index (χ1n) is 9.97. The average Bonchev–Trinajstić information content (AvgIpc) is 2.76. The molecule has 0 amide bonds. The summed E-state index contributed by atoms with van der Waals surface area (Å²) in [6.07, 6.45) is 0.882. The van der Waals surface area contributed by atoms with Crippen LogP contribution in [0.5, 0.6) is 0 Å². The van der Waals surface area contributed by atoms with Gasteiger partial charge in [-0.1, -0.05) is 0 Å². The number of nitrogens with two attached hydrogens (primary N) is 2. The number of Topliss-reactive ketones (excluding diaryl/α,β-unsaturated/α-hetero) is 1. The number of benzene rings is 1. The van der Waals surface area contributed by atoms with E-state index >= 15 is 0 Å². The molecule has 0 aliphatic carbocycles. The summed E-state index contributed by atoms with van der Waals surface area (Å²) in [5.74, 6) is -3.54. The Balaban J connectivity index is 1.67. The van der Waals surface area contributed by atoms with E-state index in [0.29, 0.717) is 29.0 Å². The number of aliphatic carboxylic acids is 2. The molecule has 1 atom stereocenters. The lowest BCUT2D eigenvalue weighted by atomic mass is 9.94. The van der Waals surface area contributed by atoms with Crippen molar-refractivity contribution in [3.8, 4) is 0 Å². The molecule has 0 saturated carbocycles. The molecular formula is C21H23N7O5. The number of aromatic nitrogens is 4. The Morgan fingerprint density at radius 2 is 1.76 bits per heavy atom. The van der Waals surface area contributed by atoms with Gasteiger partial charge in [-0.15, -0.1) is 0 Å². The van der Waals surface area contributed by atoms with Crippen LogP contribution in [0.2, 0.25) is 0 Å². The fourth-order valence-corrected chi connectivity index (χ4v) is 3.25. The Labute approximate surface area is 188 Å². The summed E-state index contributed by atoms with van der Waals surface area (Å²) in [6.45, 7) is 0.385. The first-order chi connectivity index (χ1) is 15.6. The maximum atomic E-state index is 12.5. The molecule has 12 heteroatoms. The van der Waals surface area contributed by atoms with E-state index < -0.39 is 17.9 Å². The van der Waals surface area contributed by atoms with E-state index in [1.54, 1.807) is 30.5 Å². The van der Waals surface area contributed by atoms with Crippen molar-refractivity contribution in [2.24, 2.45) is 5.92 Å². The minimum atomic E-state index is -1.19. The molecule has 1 unspecified atom stereocenters. The van der Waals surface area contributed by atoms with Crippen molar-refractivity contribution in [3.05, 3.63) is 41.7 Å². The fraction of sp³-hybridized carbons (Fsp3) is 0.286. The molecule has 0 radical (unpaired) electrons. The predicted molar refractivity (Wildman–Crippen MR) is 119 cm³/mol. The summed E-state index contributed by atoms with van der Waals surface area (Å²) in [5, 5.41) is 18.0. The monoisotopic (exact) mass is 453 g/mol. The Morgan fingerprint density at radius 1 is 1.06 bits per heavy atom. The molecule has 3 aromatic rings. The lowest BCUT2D eigenvalue weighted by Crippen LogP contribution is -2.20. The molecule has 33 heavy (non-hydrogen) atoms. The first kappa shape index (κ1) is 23.3. The number of nitrogens with zero attached hydrogens (tertiary/aromatic N) is 5. The summed E-state index contributed by atoms with van der Waals surface area (Å²) in [6, 6.07) is 6.66. The van der Waals surface area contributed by atoms with E-state index in [1.807, 2.05) is 11.9 Å². The number of carboxylic acid groups (broad SMARTS) is 2. The Hall–Kier alpha value is -4.35. The highest BCUT2D eigenvalue weighted by atomic mass is 16.4. The van der Waals surface area contributed by atoms with E-state index in [2.05, 4.69) is 19.9 Å². The summed E-state index contributed by atoms with van der Waals surface area (Å²) in [4.78, 5) is 52.9. The predicted octanol–water partition coefficient (Wildman–Crippen LogP) is 1.36. The van der Waals surface area contributed by atoms with Crippen LogP contribution in [0.1, 0.15) is 35.3 Å². The van der Waals surface area contributed by atoms with Crippen LogP contribution in [0, 0.1) is 5.92 Å². The summed E-state index contributed by atoms with van der Waals surface area (Å²) >= 11 is 0. The molecule has 6 N–H and O–H groups in total. The van der Waals surface area contributed by atoms with E-state index in [9.17, 15) is 19.5 Å². The number of rotatable bonds is 10. The number of fused-ring (bicyclic) bond motifs is 1. The maximum Gasteiger partial charge on any atom is 0.306 e. The lowest BCUT2D eigenvalue weighted by Gasteiger charge is -2.19. The number of carbonyl (C=O) groups is 3. The molecule has 2 aromatic heterocycles. The minimum absolute atomic E-state index is 0.0189. The molecular weight excluding hydrogens is 430 g/mol. The molecule has 0 fully saturated rings. The number of nitrogen functional groups attached to an aromatic ring is 2. The number of ketones is 1. The average molecular weight is 453 g/mol. The van der Waals surface area contributed by atoms with E-state index in [0.717, 1.165) is 5.69 Å². The smallest absolute Gasteiger partial charge is 0.306 e. The first-order valence-corrected chi connectivity index (χ1v) is 9.97. The molecule has 0 aliphatic rings. The topological polar surface area (TPSA) is 199 Å². The van der Waals surface area contributed by atoms with Crippen LogP contribution >= 0.6 is 0 Å². The summed E-state index contributed by atoms with van der Waals surface area (Å²) < 4.78 is 0. The highest BCUT2D eigenvalue weighted by Gasteiger charge is 2.23. The summed E-state index contributed by atoms with van der Waals surface area (Å²) in [5.41, 5.74) is 13.8. The van der Waals surface area contributed by atoms with Crippen LogP contribution in [0.3, 0.4) is 0 Å². The van der Waals surface area contributed by atoms with Crippen molar-refractivity contribution in [1.82, 2.24) is 19.9 Å². The lowest BCUT2D eigenvalue weighted by molar-refractivity contribution is -0.142. The Morgan fingerprint density at radius 3 is 2.39 bits per heavy atom. The fourth-order valence-electron chi connectivity index (χ4n) is 3.25. The number of hydrogen-bond acceptors (Lipinski definition) is 10. The van der Waals surface area contributed by atoms with Crippen molar-refractivity contribution < 1.29 is 24.6 Å². The van der Waals surface area contributed by atoms with Crippen LogP contribution in [-0.2, 0) is 16.1 Å². The van der Waals surface area contributed by atoms with Gasteiger partial charge in [0.05, 0.1) is 24.4 Å². The zero-order chi connectivity index (χ0) is 24.1. The number of anilines is 3. The molecule has 2 heterocycles. The molecule has 1 aromatic carbocycles. The van der Waals surface area contributed by atoms with Crippen molar-refractivity contribution in [2.75, 3.05) is 23.4 Å². The summed E-state index contributed by atoms with van der Waals surface area (Å²) in [7, 11) is 1.83. The molecule has 172 valence electrons. The SMILES string of the molecule is CN(Cc1cnc2nc(N)nc(N)c2n1)c1ccc(C(=O)CC(CCC(=O)O)C(=O)O)cc1. The number of hydrogen-bond donors (Lipinski definition) is 4. The third-order valence-electron chi connectivity index (χ3n) is 5.02. The van der Waals surface area contributed by atoms with Gasteiger partial charge in [0.2, 0.25) is 5.95 Å². The number of carboxylic acids is 2. The van der Waals surface area contributed by atoms with Gasteiger partial charge < -0.3 is 26.6 Å². The van der Waals surface area contributed by atoms with Crippen LogP contribution < -0.4 is 16.4 Å². The molecule has 0 aliphatic heterocycles. The van der Waals surface area contributed by atoms with Crippen molar-refractivity contribution in [1.29, 1.82) is 0 Å². The van der Waals surface area contributed by atoms with Crippen LogP contribution in [-0.4, -0.2) is 54.9 Å². The largest absolute Gasteiger partial charge is 0.481 e. The van der Waals surface area contributed by atoms with Crippen LogP contribution in [0.25, 0.3) is 11.2 Å². The van der Waals surface area contributed by atoms with E-state index in [-0.39, 0.29) is 36.8 Å². The van der Waals surface area contributed by atoms with Gasteiger partial charge in [0.25, 0.3) is 0 Å². The van der Waals surface area contributed by atoms with Gasteiger partial charge in [0.15, 0.2) is 22.8 Å². The van der Waals surface area contributed by atoms with Crippen molar-refractivity contribution >= 4 is 46.3 Å². The molecule has 0 spiro atoms. The van der Waals surface area contributed by atoms with Gasteiger partial charge in [0, 0.05) is 31.1 Å². The normalized spacial score (nSPS) is 11.8. The Bertz CT molecular complexity index is 1200. The third kappa shape index (κ3) is 5.87. The quantitative estimate of drug-likeness (QED) is 0.322. The van der Waals surface area contributed by atoms with Crippen molar-refractivity contribution in [3.63, 3.8) is 0 Å².